The molecule has 0 aromatic heterocycles. The van der Waals surface area contributed by atoms with Crippen LogP contribution >= 0.6 is 0 Å². The van der Waals surface area contributed by atoms with E-state index in [0.29, 0.717) is 11.7 Å². The lowest BCUT2D eigenvalue weighted by Crippen LogP contribution is -2.59. The molecule has 2 aromatic carbocycles. The van der Waals surface area contributed by atoms with E-state index in [9.17, 15) is 9.90 Å². The van der Waals surface area contributed by atoms with E-state index in [1.165, 1.54) is 11.1 Å². The Kier molecular flexibility index (Phi) is 3.48. The third kappa shape index (κ3) is 2.35. The highest BCUT2D eigenvalue weighted by Gasteiger charge is 2.49. The minimum atomic E-state index is -0.000451. The van der Waals surface area contributed by atoms with Crippen molar-refractivity contribution in [2.75, 3.05) is 6.54 Å². The van der Waals surface area contributed by atoms with Gasteiger partial charge in [0.15, 0.2) is 0 Å². The lowest BCUT2D eigenvalue weighted by molar-refractivity contribution is 0.0250. The summed E-state index contributed by atoms with van der Waals surface area (Å²) in [6, 6.07) is 11.8. The lowest BCUT2D eigenvalue weighted by Gasteiger charge is -2.54. The van der Waals surface area contributed by atoms with Gasteiger partial charge in [-0.05, 0) is 71.2 Å². The molecule has 2 aromatic rings. The third-order valence-electron chi connectivity index (χ3n) is 7.12. The van der Waals surface area contributed by atoms with E-state index in [0.717, 1.165) is 42.6 Å². The Morgan fingerprint density at radius 2 is 2.07 bits per heavy atom. The van der Waals surface area contributed by atoms with Crippen molar-refractivity contribution in [3.63, 3.8) is 0 Å². The predicted octanol–water partition coefficient (Wildman–Crippen LogP) is 4.02. The molecule has 4 nitrogen and oxygen atoms in total. The number of carbonyl (C=O) groups excluding carboxylic acids is 1. The summed E-state index contributed by atoms with van der Waals surface area (Å²) in [7, 11) is 0. The van der Waals surface area contributed by atoms with E-state index in [1.807, 2.05) is 36.5 Å². The van der Waals surface area contributed by atoms with Crippen LogP contribution < -0.4 is 0 Å². The van der Waals surface area contributed by atoms with Crippen molar-refractivity contribution in [2.24, 2.45) is 10.9 Å². The molecule has 1 aliphatic carbocycles. The molecule has 0 saturated carbocycles. The fourth-order valence-corrected chi connectivity index (χ4v) is 5.28. The summed E-state index contributed by atoms with van der Waals surface area (Å²) in [6.45, 7) is 5.30. The third-order valence-corrected chi connectivity index (χ3v) is 7.12. The van der Waals surface area contributed by atoms with E-state index in [1.54, 1.807) is 6.07 Å². The number of phenols is 1. The number of rotatable bonds is 1. The van der Waals surface area contributed by atoms with E-state index >= 15 is 0 Å². The van der Waals surface area contributed by atoms with E-state index < -0.39 is 0 Å². The fraction of sp³-hybridized carbons (Fsp3) is 0.391. The molecular weight excluding hydrogens is 336 g/mol. The van der Waals surface area contributed by atoms with Crippen LogP contribution in [0.1, 0.15) is 47.3 Å². The summed E-state index contributed by atoms with van der Waals surface area (Å²) in [6.07, 6.45) is 4.49. The zero-order valence-electron chi connectivity index (χ0n) is 15.8. The lowest BCUT2D eigenvalue weighted by atomic mass is 9.59. The highest BCUT2D eigenvalue weighted by Crippen LogP contribution is 2.49. The molecule has 4 heteroatoms. The molecular formula is C23H24N2O2. The van der Waals surface area contributed by atoms with Crippen molar-refractivity contribution in [2.45, 2.75) is 44.6 Å². The van der Waals surface area contributed by atoms with Gasteiger partial charge in [0, 0.05) is 30.8 Å². The van der Waals surface area contributed by atoms with Gasteiger partial charge >= 0.3 is 0 Å². The number of hydrogen-bond acceptors (Lipinski definition) is 3. The number of hydrogen-bond donors (Lipinski definition) is 1. The van der Waals surface area contributed by atoms with Gasteiger partial charge in [-0.3, -0.25) is 9.79 Å². The largest absolute Gasteiger partial charge is 0.508 e. The highest BCUT2D eigenvalue weighted by molar-refractivity contribution is 5.96. The number of fused-ring (bicyclic) bond motifs is 5. The van der Waals surface area contributed by atoms with Crippen LogP contribution in [0.3, 0.4) is 0 Å². The van der Waals surface area contributed by atoms with E-state index in [4.69, 9.17) is 0 Å². The topological polar surface area (TPSA) is 52.9 Å². The van der Waals surface area contributed by atoms with E-state index in [2.05, 4.69) is 23.7 Å². The number of phenolic OH excluding ortho intramolecular Hbond substituents is 1. The maximum Gasteiger partial charge on any atom is 0.254 e. The van der Waals surface area contributed by atoms with Gasteiger partial charge in [0.1, 0.15) is 5.75 Å². The zero-order chi connectivity index (χ0) is 18.8. The molecule has 3 aliphatic rings. The number of amides is 1. The summed E-state index contributed by atoms with van der Waals surface area (Å²) in [4.78, 5) is 19.8. The number of piperidine rings is 1. The quantitative estimate of drug-likeness (QED) is 0.835. The van der Waals surface area contributed by atoms with Crippen LogP contribution in [-0.4, -0.2) is 34.7 Å². The van der Waals surface area contributed by atoms with E-state index in [-0.39, 0.29) is 17.4 Å². The molecule has 1 amide bonds. The molecule has 0 radical (unpaired) electrons. The monoisotopic (exact) mass is 360 g/mol. The second kappa shape index (κ2) is 5.69. The van der Waals surface area contributed by atoms with Gasteiger partial charge in [-0.2, -0.15) is 0 Å². The standard InChI is InChI=1S/C23H24N2O2/c1-14-21-12-15-3-5-18(26)13-19(15)23(14,2)8-10-25(21)22(27)17-4-6-20-16(11-17)7-9-24-20/h3-6,9,11,13-14,21,26H,7-8,10,12H2,1-2H3/t14-,21-,23-/m0/s1. The second-order valence-electron chi connectivity index (χ2n) is 8.43. The van der Waals surface area contributed by atoms with Crippen LogP contribution in [0.2, 0.25) is 0 Å². The minimum absolute atomic E-state index is 0.000451. The minimum Gasteiger partial charge on any atom is -0.508 e. The summed E-state index contributed by atoms with van der Waals surface area (Å²) in [5.74, 6) is 0.813. The maximum absolute atomic E-state index is 13.4. The Morgan fingerprint density at radius 1 is 1.22 bits per heavy atom. The first-order chi connectivity index (χ1) is 13.0. The molecule has 1 fully saturated rings. The van der Waals surface area contributed by atoms with Crippen molar-refractivity contribution < 1.29 is 9.90 Å². The Hall–Kier alpha value is -2.62. The fourth-order valence-electron chi connectivity index (χ4n) is 5.28. The average molecular weight is 360 g/mol. The normalized spacial score (nSPS) is 28.0. The zero-order valence-corrected chi connectivity index (χ0v) is 15.8. The molecule has 2 bridgehead atoms. The van der Waals surface area contributed by atoms with Gasteiger partial charge in [0.2, 0.25) is 0 Å². The molecule has 138 valence electrons. The van der Waals surface area contributed by atoms with Crippen LogP contribution in [-0.2, 0) is 18.3 Å². The number of benzene rings is 2. The number of aromatic hydroxyl groups is 1. The Labute approximate surface area is 159 Å². The number of carbonyl (C=O) groups is 1. The van der Waals surface area contributed by atoms with Crippen LogP contribution in [0.4, 0.5) is 5.69 Å². The number of aliphatic imine (C=N–C) groups is 1. The van der Waals surface area contributed by atoms with Crippen LogP contribution in [0, 0.1) is 5.92 Å². The molecule has 27 heavy (non-hydrogen) atoms. The van der Waals surface area contributed by atoms with Gasteiger partial charge in [-0.15, -0.1) is 0 Å². The Bertz CT molecular complexity index is 980. The predicted molar refractivity (Wildman–Crippen MR) is 106 cm³/mol. The Balaban J connectivity index is 1.50. The molecule has 2 aliphatic heterocycles. The van der Waals surface area contributed by atoms with Gasteiger partial charge < -0.3 is 10.0 Å². The molecule has 0 spiro atoms. The first kappa shape index (κ1) is 16.5. The first-order valence-corrected chi connectivity index (χ1v) is 9.76. The smallest absolute Gasteiger partial charge is 0.254 e. The SMILES string of the molecule is C[C@H]1[C@@H]2Cc3ccc(O)cc3[C@@]1(C)CCN2C(=O)c1ccc2c(c1)CC=N2. The average Bonchev–Trinajstić information content (AvgIpc) is 3.13. The molecule has 2 heterocycles. The molecule has 0 unspecified atom stereocenters. The number of nitrogens with zero attached hydrogens (tertiary/aromatic N) is 2. The van der Waals surface area contributed by atoms with Gasteiger partial charge in [-0.25, -0.2) is 0 Å². The highest BCUT2D eigenvalue weighted by atomic mass is 16.3. The van der Waals surface area contributed by atoms with Crippen LogP contribution in [0.15, 0.2) is 41.4 Å². The Morgan fingerprint density at radius 3 is 2.93 bits per heavy atom. The van der Waals surface area contributed by atoms with Crippen LogP contribution in [0.25, 0.3) is 0 Å². The van der Waals surface area contributed by atoms with Crippen molar-refractivity contribution in [3.8, 4) is 5.75 Å². The first-order valence-electron chi connectivity index (χ1n) is 9.76. The molecule has 3 atom stereocenters. The maximum atomic E-state index is 13.4. The van der Waals surface area contributed by atoms with Gasteiger partial charge in [-0.1, -0.05) is 19.9 Å². The van der Waals surface area contributed by atoms with Crippen molar-refractivity contribution in [3.05, 3.63) is 58.7 Å². The van der Waals surface area contributed by atoms with Crippen LogP contribution in [0.5, 0.6) is 5.75 Å². The second-order valence-corrected chi connectivity index (χ2v) is 8.43. The van der Waals surface area contributed by atoms with Crippen molar-refractivity contribution in [1.82, 2.24) is 4.90 Å². The van der Waals surface area contributed by atoms with Crippen molar-refractivity contribution >= 4 is 17.8 Å². The summed E-state index contributed by atoms with van der Waals surface area (Å²) < 4.78 is 0. The van der Waals surface area contributed by atoms with Crippen molar-refractivity contribution in [1.29, 1.82) is 0 Å². The molecule has 1 saturated heterocycles. The summed E-state index contributed by atoms with van der Waals surface area (Å²) in [5, 5.41) is 9.98. The molecule has 5 rings (SSSR count). The summed E-state index contributed by atoms with van der Waals surface area (Å²) >= 11 is 0. The van der Waals surface area contributed by atoms with Gasteiger partial charge in [0.05, 0.1) is 5.69 Å². The summed E-state index contributed by atoms with van der Waals surface area (Å²) in [5.41, 5.74) is 5.41. The number of likely N-dealkylation sites (tertiary alicyclic amines) is 1. The van der Waals surface area contributed by atoms with Gasteiger partial charge in [0.25, 0.3) is 5.91 Å². The molecule has 1 N–H and O–H groups in total.